The number of rotatable bonds is 5. The van der Waals surface area contributed by atoms with Gasteiger partial charge in [0.05, 0.1) is 5.41 Å². The maximum atomic E-state index is 12.9. The van der Waals surface area contributed by atoms with Crippen LogP contribution in [0.4, 0.5) is 0 Å². The van der Waals surface area contributed by atoms with Crippen LogP contribution in [0.3, 0.4) is 0 Å². The van der Waals surface area contributed by atoms with E-state index in [0.29, 0.717) is 11.9 Å². The lowest BCUT2D eigenvalue weighted by molar-refractivity contribution is -0.144. The molecule has 1 heterocycles. The molecule has 2 atom stereocenters. The molecule has 0 radical (unpaired) electrons. The molecule has 0 aromatic heterocycles. The van der Waals surface area contributed by atoms with Crippen molar-refractivity contribution >= 4 is 5.91 Å². The van der Waals surface area contributed by atoms with Gasteiger partial charge in [-0.2, -0.15) is 0 Å². The first-order valence-electron chi connectivity index (χ1n) is 7.59. The standard InChI is InChI=1S/C15H28N2O/c1-4-8-15(9-5-10-16-11-15)14(18)17(3)12(2)13-6-7-13/h12-13,16H,4-11H2,1-3H3. The fourth-order valence-electron chi connectivity index (χ4n) is 3.40. The quantitative estimate of drug-likeness (QED) is 0.815. The average molecular weight is 252 g/mol. The highest BCUT2D eigenvalue weighted by molar-refractivity contribution is 5.83. The lowest BCUT2D eigenvalue weighted by Crippen LogP contribution is -2.53. The molecule has 0 spiro atoms. The van der Waals surface area contributed by atoms with Gasteiger partial charge in [0.2, 0.25) is 5.91 Å². The summed E-state index contributed by atoms with van der Waals surface area (Å²) in [4.78, 5) is 14.9. The minimum atomic E-state index is -0.120. The van der Waals surface area contributed by atoms with Crippen LogP contribution in [0, 0.1) is 11.3 Å². The molecule has 2 rings (SSSR count). The molecule has 2 fully saturated rings. The average Bonchev–Trinajstić information content (AvgIpc) is 3.22. The molecule has 0 aromatic carbocycles. The molecule has 1 N–H and O–H groups in total. The van der Waals surface area contributed by atoms with Gasteiger partial charge in [0, 0.05) is 19.6 Å². The monoisotopic (exact) mass is 252 g/mol. The maximum Gasteiger partial charge on any atom is 0.230 e. The van der Waals surface area contributed by atoms with Crippen molar-refractivity contribution in [3.05, 3.63) is 0 Å². The highest BCUT2D eigenvalue weighted by atomic mass is 16.2. The number of piperidine rings is 1. The fraction of sp³-hybridized carbons (Fsp3) is 0.933. The largest absolute Gasteiger partial charge is 0.342 e. The summed E-state index contributed by atoms with van der Waals surface area (Å²) in [6.07, 6.45) is 6.93. The molecule has 18 heavy (non-hydrogen) atoms. The molecule has 2 unspecified atom stereocenters. The lowest BCUT2D eigenvalue weighted by Gasteiger charge is -2.41. The van der Waals surface area contributed by atoms with Crippen molar-refractivity contribution < 1.29 is 4.79 Å². The summed E-state index contributed by atoms with van der Waals surface area (Å²) >= 11 is 0. The Labute approximate surface area is 111 Å². The van der Waals surface area contributed by atoms with E-state index in [-0.39, 0.29) is 5.41 Å². The number of carbonyl (C=O) groups excluding carboxylic acids is 1. The molecule has 2 aliphatic rings. The van der Waals surface area contributed by atoms with E-state index >= 15 is 0 Å². The van der Waals surface area contributed by atoms with Crippen molar-refractivity contribution in [2.45, 2.75) is 58.4 Å². The van der Waals surface area contributed by atoms with E-state index in [0.717, 1.165) is 44.7 Å². The van der Waals surface area contributed by atoms with Crippen LogP contribution in [0.15, 0.2) is 0 Å². The Kier molecular flexibility index (Phi) is 4.31. The molecular formula is C15H28N2O. The van der Waals surface area contributed by atoms with Crippen molar-refractivity contribution in [1.82, 2.24) is 10.2 Å². The van der Waals surface area contributed by atoms with Crippen LogP contribution in [0.2, 0.25) is 0 Å². The van der Waals surface area contributed by atoms with Gasteiger partial charge in [-0.3, -0.25) is 4.79 Å². The van der Waals surface area contributed by atoms with Crippen LogP contribution >= 0.6 is 0 Å². The zero-order chi connectivity index (χ0) is 13.2. The van der Waals surface area contributed by atoms with E-state index in [9.17, 15) is 4.79 Å². The summed E-state index contributed by atoms with van der Waals surface area (Å²) in [5, 5.41) is 3.43. The number of amides is 1. The maximum absolute atomic E-state index is 12.9. The summed E-state index contributed by atoms with van der Waals surface area (Å²) in [6.45, 7) is 6.35. The second kappa shape index (κ2) is 5.60. The van der Waals surface area contributed by atoms with Gasteiger partial charge in [0.25, 0.3) is 0 Å². The van der Waals surface area contributed by atoms with Gasteiger partial charge < -0.3 is 10.2 Å². The third-order valence-corrected chi connectivity index (χ3v) is 4.89. The fourth-order valence-corrected chi connectivity index (χ4v) is 3.40. The second-order valence-corrected chi connectivity index (χ2v) is 6.30. The molecule has 104 valence electrons. The third-order valence-electron chi connectivity index (χ3n) is 4.89. The lowest BCUT2D eigenvalue weighted by atomic mass is 9.75. The van der Waals surface area contributed by atoms with E-state index in [1.54, 1.807) is 0 Å². The summed E-state index contributed by atoms with van der Waals surface area (Å²) < 4.78 is 0. The highest BCUT2D eigenvalue weighted by Crippen LogP contribution is 2.38. The number of hydrogen-bond donors (Lipinski definition) is 1. The molecule has 3 nitrogen and oxygen atoms in total. The number of nitrogens with one attached hydrogen (secondary N) is 1. The van der Waals surface area contributed by atoms with Gasteiger partial charge in [0.1, 0.15) is 0 Å². The molecule has 1 amide bonds. The number of hydrogen-bond acceptors (Lipinski definition) is 2. The van der Waals surface area contributed by atoms with E-state index in [2.05, 4.69) is 19.2 Å². The van der Waals surface area contributed by atoms with Crippen molar-refractivity contribution in [3.8, 4) is 0 Å². The van der Waals surface area contributed by atoms with Crippen molar-refractivity contribution in [2.24, 2.45) is 11.3 Å². The minimum Gasteiger partial charge on any atom is -0.342 e. The molecule has 1 aliphatic carbocycles. The first-order chi connectivity index (χ1) is 8.60. The van der Waals surface area contributed by atoms with Gasteiger partial charge in [0.15, 0.2) is 0 Å². The van der Waals surface area contributed by atoms with Crippen LogP contribution < -0.4 is 5.32 Å². The summed E-state index contributed by atoms with van der Waals surface area (Å²) in [6, 6.07) is 0.424. The third kappa shape index (κ3) is 2.71. The zero-order valence-electron chi connectivity index (χ0n) is 12.2. The van der Waals surface area contributed by atoms with Crippen molar-refractivity contribution in [1.29, 1.82) is 0 Å². The first kappa shape index (κ1) is 13.9. The smallest absolute Gasteiger partial charge is 0.230 e. The zero-order valence-corrected chi connectivity index (χ0v) is 12.2. The van der Waals surface area contributed by atoms with Crippen molar-refractivity contribution in [3.63, 3.8) is 0 Å². The normalized spacial score (nSPS) is 29.9. The Bertz CT molecular complexity index is 287. The van der Waals surface area contributed by atoms with Gasteiger partial charge in [-0.25, -0.2) is 0 Å². The van der Waals surface area contributed by atoms with Crippen LogP contribution in [0.25, 0.3) is 0 Å². The predicted octanol–water partition coefficient (Wildman–Crippen LogP) is 2.41. The van der Waals surface area contributed by atoms with E-state index in [1.807, 2.05) is 11.9 Å². The van der Waals surface area contributed by atoms with Gasteiger partial charge in [-0.05, 0) is 51.5 Å². The summed E-state index contributed by atoms with van der Waals surface area (Å²) in [5.41, 5.74) is -0.120. The molecular weight excluding hydrogens is 224 g/mol. The molecule has 3 heteroatoms. The Balaban J connectivity index is 2.06. The van der Waals surface area contributed by atoms with Gasteiger partial charge in [-0.15, -0.1) is 0 Å². The Morgan fingerprint density at radius 2 is 2.22 bits per heavy atom. The number of carbonyl (C=O) groups is 1. The van der Waals surface area contributed by atoms with E-state index < -0.39 is 0 Å². The SMILES string of the molecule is CCCC1(C(=O)N(C)C(C)C2CC2)CCCNC1. The summed E-state index contributed by atoms with van der Waals surface area (Å²) in [5.74, 6) is 1.14. The minimum absolute atomic E-state index is 0.120. The molecule has 1 aliphatic heterocycles. The molecule has 0 aromatic rings. The molecule has 1 saturated heterocycles. The molecule has 0 bridgehead atoms. The van der Waals surface area contributed by atoms with Gasteiger partial charge >= 0.3 is 0 Å². The highest BCUT2D eigenvalue weighted by Gasteiger charge is 2.43. The predicted molar refractivity (Wildman–Crippen MR) is 74.4 cm³/mol. The van der Waals surface area contributed by atoms with Crippen LogP contribution in [0.1, 0.15) is 52.4 Å². The van der Waals surface area contributed by atoms with Crippen LogP contribution in [0.5, 0.6) is 0 Å². The number of nitrogens with zero attached hydrogens (tertiary/aromatic N) is 1. The first-order valence-corrected chi connectivity index (χ1v) is 7.59. The van der Waals surface area contributed by atoms with Crippen LogP contribution in [-0.2, 0) is 4.79 Å². The van der Waals surface area contributed by atoms with E-state index in [4.69, 9.17) is 0 Å². The van der Waals surface area contributed by atoms with E-state index in [1.165, 1.54) is 12.8 Å². The summed E-state index contributed by atoms with van der Waals surface area (Å²) in [7, 11) is 2.01. The topological polar surface area (TPSA) is 32.3 Å². The van der Waals surface area contributed by atoms with Crippen LogP contribution in [-0.4, -0.2) is 37.0 Å². The van der Waals surface area contributed by atoms with Gasteiger partial charge in [-0.1, -0.05) is 13.3 Å². The second-order valence-electron chi connectivity index (χ2n) is 6.30. The Hall–Kier alpha value is -0.570. The molecule has 1 saturated carbocycles. The van der Waals surface area contributed by atoms with Crippen molar-refractivity contribution in [2.75, 3.05) is 20.1 Å². The Morgan fingerprint density at radius 3 is 2.72 bits per heavy atom. The Morgan fingerprint density at radius 1 is 1.50 bits per heavy atom.